The van der Waals surface area contributed by atoms with E-state index in [4.69, 9.17) is 5.11 Å². The van der Waals surface area contributed by atoms with Gasteiger partial charge in [0.05, 0.1) is 24.3 Å². The molecular weight excluding hydrogens is 206 g/mol. The van der Waals surface area contributed by atoms with Gasteiger partial charge >= 0.3 is 0 Å². The fourth-order valence-corrected chi connectivity index (χ4v) is 1.81. The molecule has 4 nitrogen and oxygen atoms in total. The zero-order chi connectivity index (χ0) is 12.5. The minimum atomic E-state index is -0.296. The highest BCUT2D eigenvalue weighted by molar-refractivity contribution is 6.25. The topological polar surface area (TPSA) is 57.6 Å². The summed E-state index contributed by atoms with van der Waals surface area (Å²) in [5.74, 6) is -0.592. The van der Waals surface area contributed by atoms with Crippen molar-refractivity contribution in [2.24, 2.45) is 0 Å². The van der Waals surface area contributed by atoms with Gasteiger partial charge in [0.15, 0.2) is 0 Å². The van der Waals surface area contributed by atoms with Crippen molar-refractivity contribution in [3.05, 3.63) is 22.3 Å². The summed E-state index contributed by atoms with van der Waals surface area (Å²) in [6, 6.07) is 0. The van der Waals surface area contributed by atoms with Gasteiger partial charge in [0, 0.05) is 0 Å². The molecule has 4 heteroatoms. The predicted molar refractivity (Wildman–Crippen MR) is 60.6 cm³/mol. The molecule has 0 aromatic carbocycles. The molecular formula is C12H17NO3. The number of nitrogens with zero attached hydrogens (tertiary/aromatic N) is 1. The third-order valence-corrected chi connectivity index (χ3v) is 2.49. The van der Waals surface area contributed by atoms with Crippen LogP contribution in [0.4, 0.5) is 0 Å². The number of aliphatic hydroxyl groups excluding tert-OH is 1. The molecule has 0 unspecified atom stereocenters. The van der Waals surface area contributed by atoms with Gasteiger partial charge in [-0.05, 0) is 27.7 Å². The van der Waals surface area contributed by atoms with Crippen LogP contribution in [0, 0.1) is 0 Å². The molecule has 88 valence electrons. The third-order valence-electron chi connectivity index (χ3n) is 2.49. The normalized spacial score (nSPS) is 16.2. The maximum absolute atomic E-state index is 12.0. The average Bonchev–Trinajstić information content (AvgIpc) is 2.42. The molecule has 0 aromatic heterocycles. The number of likely N-dealkylation sites (tertiary alicyclic amines) is 1. The van der Waals surface area contributed by atoms with Gasteiger partial charge in [-0.15, -0.1) is 0 Å². The van der Waals surface area contributed by atoms with E-state index < -0.39 is 0 Å². The highest BCUT2D eigenvalue weighted by Crippen LogP contribution is 2.29. The largest absolute Gasteiger partial charge is 0.395 e. The van der Waals surface area contributed by atoms with Crippen LogP contribution in [0.5, 0.6) is 0 Å². The van der Waals surface area contributed by atoms with Crippen molar-refractivity contribution >= 4 is 11.8 Å². The summed E-state index contributed by atoms with van der Waals surface area (Å²) < 4.78 is 0. The lowest BCUT2D eigenvalue weighted by Crippen LogP contribution is -2.32. The van der Waals surface area contributed by atoms with Crippen molar-refractivity contribution in [2.75, 3.05) is 13.2 Å². The molecule has 0 aromatic rings. The lowest BCUT2D eigenvalue weighted by molar-refractivity contribution is -0.137. The number of rotatable bonds is 2. The first-order valence-corrected chi connectivity index (χ1v) is 5.24. The molecule has 1 aliphatic rings. The van der Waals surface area contributed by atoms with Crippen LogP contribution in [0.3, 0.4) is 0 Å². The Balaban J connectivity index is 3.33. The van der Waals surface area contributed by atoms with E-state index in [0.29, 0.717) is 11.1 Å². The number of carbonyl (C=O) groups is 2. The standard InChI is InChI=1S/C12H17NO3/c1-7(2)9-10(8(3)4)12(16)13(5-6-14)11(9)15/h14H,5-6H2,1-4H3. The van der Waals surface area contributed by atoms with Crippen molar-refractivity contribution in [2.45, 2.75) is 27.7 Å². The van der Waals surface area contributed by atoms with Gasteiger partial charge in [0.1, 0.15) is 0 Å². The summed E-state index contributed by atoms with van der Waals surface area (Å²) in [6.45, 7) is 7.10. The second kappa shape index (κ2) is 4.61. The number of amides is 2. The third kappa shape index (κ3) is 1.93. The number of carbonyl (C=O) groups excluding carboxylic acids is 2. The van der Waals surface area contributed by atoms with Crippen molar-refractivity contribution in [3.8, 4) is 0 Å². The van der Waals surface area contributed by atoms with Crippen molar-refractivity contribution in [1.29, 1.82) is 0 Å². The summed E-state index contributed by atoms with van der Waals surface area (Å²) in [6.07, 6.45) is 0. The molecule has 1 rings (SSSR count). The minimum Gasteiger partial charge on any atom is -0.395 e. The Morgan fingerprint density at radius 3 is 1.62 bits per heavy atom. The van der Waals surface area contributed by atoms with Crippen LogP contribution in [0.2, 0.25) is 0 Å². The Kier molecular flexibility index (Phi) is 3.65. The van der Waals surface area contributed by atoms with E-state index in [0.717, 1.165) is 16.0 Å². The molecule has 0 saturated carbocycles. The van der Waals surface area contributed by atoms with Gasteiger partial charge in [-0.1, -0.05) is 11.1 Å². The summed E-state index contributed by atoms with van der Waals surface area (Å²) in [5, 5.41) is 8.83. The van der Waals surface area contributed by atoms with E-state index in [2.05, 4.69) is 0 Å². The molecule has 16 heavy (non-hydrogen) atoms. The molecule has 1 aliphatic heterocycles. The van der Waals surface area contributed by atoms with Gasteiger partial charge < -0.3 is 5.11 Å². The molecule has 0 bridgehead atoms. The Bertz CT molecular complexity index is 360. The minimum absolute atomic E-state index is 0.0607. The quantitative estimate of drug-likeness (QED) is 0.561. The van der Waals surface area contributed by atoms with Crippen LogP contribution in [0.25, 0.3) is 0 Å². The number of allylic oxidation sites excluding steroid dienone is 2. The number of hydrogen-bond donors (Lipinski definition) is 1. The van der Waals surface area contributed by atoms with Gasteiger partial charge in [0.25, 0.3) is 11.8 Å². The molecule has 2 amide bonds. The monoisotopic (exact) mass is 223 g/mol. The second-order valence-corrected chi connectivity index (χ2v) is 4.24. The fourth-order valence-electron chi connectivity index (χ4n) is 1.81. The molecule has 1 N–H and O–H groups in total. The molecule has 1 heterocycles. The number of imide groups is 1. The summed E-state index contributed by atoms with van der Waals surface area (Å²) in [4.78, 5) is 25.0. The highest BCUT2D eigenvalue weighted by atomic mass is 16.3. The van der Waals surface area contributed by atoms with Crippen LogP contribution in [0.15, 0.2) is 22.3 Å². The molecule has 1 saturated heterocycles. The lowest BCUT2D eigenvalue weighted by Gasteiger charge is -2.10. The van der Waals surface area contributed by atoms with Crippen LogP contribution >= 0.6 is 0 Å². The number of aliphatic hydroxyl groups is 1. The van der Waals surface area contributed by atoms with Crippen LogP contribution in [0.1, 0.15) is 27.7 Å². The van der Waals surface area contributed by atoms with E-state index in [9.17, 15) is 9.59 Å². The van der Waals surface area contributed by atoms with Crippen LogP contribution in [-0.2, 0) is 9.59 Å². The molecule has 0 aliphatic carbocycles. The molecule has 0 radical (unpaired) electrons. The smallest absolute Gasteiger partial charge is 0.261 e. The first-order chi connectivity index (χ1) is 7.41. The summed E-state index contributed by atoms with van der Waals surface area (Å²) >= 11 is 0. The number of β-amino-alcohol motifs (C(OH)–C–C–N with tert-alkyl or cyclic N) is 1. The van der Waals surface area contributed by atoms with Crippen LogP contribution in [-0.4, -0.2) is 35.0 Å². The van der Waals surface area contributed by atoms with Crippen molar-refractivity contribution in [1.82, 2.24) is 4.90 Å². The van der Waals surface area contributed by atoms with Gasteiger partial charge in [-0.2, -0.15) is 0 Å². The predicted octanol–water partition coefficient (Wildman–Crippen LogP) is 1.02. The SMILES string of the molecule is CC(C)=C1C(=O)N(CCO)C(=O)C1=C(C)C. The second-order valence-electron chi connectivity index (χ2n) is 4.24. The Morgan fingerprint density at radius 2 is 1.38 bits per heavy atom. The highest BCUT2D eigenvalue weighted by Gasteiger charge is 2.39. The van der Waals surface area contributed by atoms with Crippen molar-refractivity contribution < 1.29 is 14.7 Å². The molecule has 0 atom stereocenters. The first-order valence-electron chi connectivity index (χ1n) is 5.24. The van der Waals surface area contributed by atoms with E-state index in [1.165, 1.54) is 0 Å². The maximum atomic E-state index is 12.0. The average molecular weight is 223 g/mol. The van der Waals surface area contributed by atoms with Gasteiger partial charge in [0.2, 0.25) is 0 Å². The maximum Gasteiger partial charge on any atom is 0.261 e. The lowest BCUT2D eigenvalue weighted by atomic mass is 10.0. The van der Waals surface area contributed by atoms with Gasteiger partial charge in [-0.3, -0.25) is 14.5 Å². The molecule has 1 fully saturated rings. The number of hydrogen-bond acceptors (Lipinski definition) is 3. The fraction of sp³-hybridized carbons (Fsp3) is 0.500. The first kappa shape index (κ1) is 12.6. The van der Waals surface area contributed by atoms with E-state index in [-0.39, 0.29) is 25.0 Å². The zero-order valence-corrected chi connectivity index (χ0v) is 10.1. The zero-order valence-electron chi connectivity index (χ0n) is 10.1. The Hall–Kier alpha value is -1.42. The van der Waals surface area contributed by atoms with E-state index in [1.807, 2.05) is 27.7 Å². The van der Waals surface area contributed by atoms with Crippen LogP contribution < -0.4 is 0 Å². The van der Waals surface area contributed by atoms with E-state index >= 15 is 0 Å². The van der Waals surface area contributed by atoms with E-state index in [1.54, 1.807) is 0 Å². The summed E-state index contributed by atoms with van der Waals surface area (Å²) in [5.41, 5.74) is 2.63. The Labute approximate surface area is 95.2 Å². The summed E-state index contributed by atoms with van der Waals surface area (Å²) in [7, 11) is 0. The van der Waals surface area contributed by atoms with Gasteiger partial charge in [-0.25, -0.2) is 0 Å². The Morgan fingerprint density at radius 1 is 1.00 bits per heavy atom. The van der Waals surface area contributed by atoms with Crippen molar-refractivity contribution in [3.63, 3.8) is 0 Å². The molecule has 0 spiro atoms.